The fraction of sp³-hybridized carbons (Fsp3) is 0.652. The topological polar surface area (TPSA) is 42.4 Å². The van der Waals surface area contributed by atoms with Crippen LogP contribution in [-0.2, 0) is 16.0 Å². The number of hydrogen-bond acceptors (Lipinski definition) is 4. The van der Waals surface area contributed by atoms with Crippen LogP contribution in [0.1, 0.15) is 44.7 Å². The molecule has 4 rings (SSSR count). The number of likely N-dealkylation sites (N-methyl/N-ethyl adjacent to an activating group) is 1. The van der Waals surface area contributed by atoms with Gasteiger partial charge in [0, 0.05) is 37.3 Å². The van der Waals surface area contributed by atoms with Gasteiger partial charge in [0.25, 0.3) is 0 Å². The van der Waals surface area contributed by atoms with Crippen molar-refractivity contribution in [3.8, 4) is 0 Å². The maximum absolute atomic E-state index is 12.7. The Morgan fingerprint density at radius 3 is 3.04 bits per heavy atom. The first-order valence-electron chi connectivity index (χ1n) is 10.4. The average Bonchev–Trinajstić information content (AvgIpc) is 2.93. The third-order valence-corrected chi connectivity index (χ3v) is 7.30. The Labute approximate surface area is 163 Å². The van der Waals surface area contributed by atoms with Crippen LogP contribution in [0.5, 0.6) is 0 Å². The summed E-state index contributed by atoms with van der Waals surface area (Å²) in [5, 5.41) is 0. The highest BCUT2D eigenvalue weighted by molar-refractivity contribution is 5.75. The van der Waals surface area contributed by atoms with E-state index in [1.54, 1.807) is 0 Å². The van der Waals surface area contributed by atoms with Gasteiger partial charge in [-0.2, -0.15) is 0 Å². The number of ether oxygens (including phenoxy) is 1. The van der Waals surface area contributed by atoms with Crippen molar-refractivity contribution in [2.45, 2.75) is 51.6 Å². The lowest BCUT2D eigenvalue weighted by atomic mass is 9.55. The molecule has 2 aliphatic carbocycles. The van der Waals surface area contributed by atoms with Crippen LogP contribution in [0.2, 0.25) is 0 Å². The number of rotatable bonds is 5. The number of carbonyl (C=O) groups excluding carboxylic acids is 1. The molecule has 1 saturated heterocycles. The molecule has 0 bridgehead atoms. The molecule has 0 spiro atoms. The molecule has 1 aromatic heterocycles. The van der Waals surface area contributed by atoms with Crippen LogP contribution in [0.3, 0.4) is 0 Å². The molecule has 2 heterocycles. The van der Waals surface area contributed by atoms with Crippen molar-refractivity contribution in [3.63, 3.8) is 0 Å². The Morgan fingerprint density at radius 2 is 2.26 bits per heavy atom. The van der Waals surface area contributed by atoms with Gasteiger partial charge in [-0.15, -0.1) is 0 Å². The van der Waals surface area contributed by atoms with Crippen molar-refractivity contribution in [3.05, 3.63) is 42.2 Å². The molecule has 0 N–H and O–H groups in total. The molecule has 0 amide bonds. The highest BCUT2D eigenvalue weighted by Crippen LogP contribution is 2.56. The van der Waals surface area contributed by atoms with Crippen LogP contribution in [0.4, 0.5) is 0 Å². The van der Waals surface area contributed by atoms with Crippen LogP contribution in [-0.4, -0.2) is 42.1 Å². The molecule has 0 aromatic carbocycles. The summed E-state index contributed by atoms with van der Waals surface area (Å²) < 4.78 is 5.88. The minimum Gasteiger partial charge on any atom is -0.462 e. The van der Waals surface area contributed by atoms with Gasteiger partial charge in [-0.1, -0.05) is 25.1 Å². The Hall–Kier alpha value is -1.68. The molecule has 1 aromatic rings. The number of aromatic nitrogens is 1. The minimum atomic E-state index is 0.00279. The van der Waals surface area contributed by atoms with E-state index < -0.39 is 0 Å². The predicted molar refractivity (Wildman–Crippen MR) is 106 cm³/mol. The fourth-order valence-electron chi connectivity index (χ4n) is 5.74. The van der Waals surface area contributed by atoms with E-state index in [0.29, 0.717) is 11.8 Å². The van der Waals surface area contributed by atoms with Crippen LogP contribution in [0.25, 0.3) is 0 Å². The first kappa shape index (κ1) is 18.7. The van der Waals surface area contributed by atoms with E-state index >= 15 is 0 Å². The number of pyridine rings is 1. The van der Waals surface area contributed by atoms with Gasteiger partial charge >= 0.3 is 5.97 Å². The molecular weight excluding hydrogens is 336 g/mol. The summed E-state index contributed by atoms with van der Waals surface area (Å²) in [6.45, 7) is 8.46. The van der Waals surface area contributed by atoms with Crippen LogP contribution < -0.4 is 0 Å². The standard InChI is InChI=1S/C23H32N2O2/c1-16-7-6-10-23(2)14-21-18(13-20(16)23)19(22(26)27-21)15-25(3)12-9-17-8-4-5-11-24-17/h4-5,8,11,18-21H,1,6-7,9-10,12-15H2,2-3H3/t18-,19+,20-,21-,23-/m1/s1. The second kappa shape index (κ2) is 7.38. The fourth-order valence-corrected chi connectivity index (χ4v) is 5.74. The van der Waals surface area contributed by atoms with Gasteiger partial charge in [0.05, 0.1) is 5.92 Å². The molecule has 4 nitrogen and oxygen atoms in total. The summed E-state index contributed by atoms with van der Waals surface area (Å²) in [5.74, 6) is 0.927. The van der Waals surface area contributed by atoms with Gasteiger partial charge in [-0.25, -0.2) is 0 Å². The van der Waals surface area contributed by atoms with Gasteiger partial charge in [-0.3, -0.25) is 9.78 Å². The molecule has 0 unspecified atom stereocenters. The van der Waals surface area contributed by atoms with E-state index in [0.717, 1.165) is 44.5 Å². The molecular formula is C23H32N2O2. The second-order valence-corrected chi connectivity index (χ2v) is 9.24. The monoisotopic (exact) mass is 368 g/mol. The maximum Gasteiger partial charge on any atom is 0.310 e. The molecule has 146 valence electrons. The van der Waals surface area contributed by atoms with Gasteiger partial charge < -0.3 is 9.64 Å². The van der Waals surface area contributed by atoms with E-state index in [1.165, 1.54) is 18.4 Å². The first-order valence-corrected chi connectivity index (χ1v) is 10.4. The predicted octanol–water partition coefficient (Wildman–Crippen LogP) is 3.87. The lowest BCUT2D eigenvalue weighted by molar-refractivity contribution is -0.146. The van der Waals surface area contributed by atoms with Gasteiger partial charge in [0.15, 0.2) is 0 Å². The summed E-state index contributed by atoms with van der Waals surface area (Å²) in [4.78, 5) is 19.3. The lowest BCUT2D eigenvalue weighted by Gasteiger charge is -2.50. The molecule has 1 aliphatic heterocycles. The summed E-state index contributed by atoms with van der Waals surface area (Å²) in [7, 11) is 2.11. The van der Waals surface area contributed by atoms with Crippen LogP contribution in [0, 0.1) is 23.2 Å². The Bertz CT molecular complexity index is 704. The zero-order valence-corrected chi connectivity index (χ0v) is 16.7. The van der Waals surface area contributed by atoms with E-state index in [2.05, 4.69) is 36.5 Å². The van der Waals surface area contributed by atoms with Crippen molar-refractivity contribution < 1.29 is 9.53 Å². The van der Waals surface area contributed by atoms with E-state index in [4.69, 9.17) is 4.74 Å². The smallest absolute Gasteiger partial charge is 0.310 e. The zero-order valence-electron chi connectivity index (χ0n) is 16.7. The highest BCUT2D eigenvalue weighted by atomic mass is 16.6. The van der Waals surface area contributed by atoms with Crippen molar-refractivity contribution >= 4 is 5.97 Å². The van der Waals surface area contributed by atoms with Crippen molar-refractivity contribution in [2.75, 3.05) is 20.1 Å². The summed E-state index contributed by atoms with van der Waals surface area (Å²) in [6.07, 6.45) is 8.57. The molecule has 4 heteroatoms. The van der Waals surface area contributed by atoms with Gasteiger partial charge in [0.1, 0.15) is 6.10 Å². The SMILES string of the molecule is C=C1CCC[C@]2(C)C[C@H]3OC(=O)[C@@H](CN(C)CCc4ccccn4)[C@H]3C[C@H]12. The summed E-state index contributed by atoms with van der Waals surface area (Å²) in [6, 6.07) is 6.03. The van der Waals surface area contributed by atoms with Crippen molar-refractivity contribution in [2.24, 2.45) is 23.2 Å². The average molecular weight is 369 g/mol. The zero-order chi connectivity index (χ0) is 19.0. The largest absolute Gasteiger partial charge is 0.462 e. The maximum atomic E-state index is 12.7. The van der Waals surface area contributed by atoms with Gasteiger partial charge in [0.2, 0.25) is 0 Å². The molecule has 5 atom stereocenters. The Morgan fingerprint density at radius 1 is 1.41 bits per heavy atom. The number of esters is 1. The van der Waals surface area contributed by atoms with Crippen LogP contribution >= 0.6 is 0 Å². The summed E-state index contributed by atoms with van der Waals surface area (Å²) in [5.41, 5.74) is 2.78. The molecule has 27 heavy (non-hydrogen) atoms. The second-order valence-electron chi connectivity index (χ2n) is 9.24. The van der Waals surface area contributed by atoms with E-state index in [-0.39, 0.29) is 23.4 Å². The number of allylic oxidation sites excluding steroid dienone is 1. The van der Waals surface area contributed by atoms with Crippen molar-refractivity contribution in [1.82, 2.24) is 9.88 Å². The van der Waals surface area contributed by atoms with Gasteiger partial charge in [-0.05, 0) is 62.6 Å². The quantitative estimate of drug-likeness (QED) is 0.584. The number of fused-ring (bicyclic) bond motifs is 2. The number of hydrogen-bond donors (Lipinski definition) is 0. The molecule has 3 aliphatic rings. The molecule has 3 fully saturated rings. The van der Waals surface area contributed by atoms with Crippen LogP contribution in [0.15, 0.2) is 36.5 Å². The summed E-state index contributed by atoms with van der Waals surface area (Å²) >= 11 is 0. The molecule has 2 saturated carbocycles. The third-order valence-electron chi connectivity index (χ3n) is 7.30. The number of carbonyl (C=O) groups is 1. The Balaban J connectivity index is 1.40. The first-order chi connectivity index (χ1) is 13.0. The Kier molecular flexibility index (Phi) is 5.11. The highest BCUT2D eigenvalue weighted by Gasteiger charge is 2.55. The molecule has 0 radical (unpaired) electrons. The van der Waals surface area contributed by atoms with Crippen molar-refractivity contribution in [1.29, 1.82) is 0 Å². The third kappa shape index (κ3) is 3.69. The van der Waals surface area contributed by atoms with E-state index in [1.807, 2.05) is 18.3 Å². The lowest BCUT2D eigenvalue weighted by Crippen LogP contribution is -2.45. The minimum absolute atomic E-state index is 0.00279. The normalized spacial score (nSPS) is 35.7. The van der Waals surface area contributed by atoms with E-state index in [9.17, 15) is 4.79 Å². The number of nitrogens with zero attached hydrogens (tertiary/aromatic N) is 2.